The molecule has 0 N–H and O–H groups in total. The second-order valence-corrected chi connectivity index (χ2v) is 7.80. The third-order valence-corrected chi connectivity index (χ3v) is 5.80. The van der Waals surface area contributed by atoms with Crippen LogP contribution in [-0.2, 0) is 20.9 Å². The van der Waals surface area contributed by atoms with Crippen molar-refractivity contribution in [3.63, 3.8) is 0 Å². The Balaban J connectivity index is 1.46. The molecule has 140 valence electrons. The molecule has 0 aliphatic heterocycles. The second kappa shape index (κ2) is 8.96. The number of thioether (sulfide) groups is 1. The first kappa shape index (κ1) is 19.3. The Morgan fingerprint density at radius 1 is 1.22 bits per heavy atom. The van der Waals surface area contributed by atoms with Crippen LogP contribution < -0.4 is 0 Å². The molecule has 27 heavy (non-hydrogen) atoms. The van der Waals surface area contributed by atoms with E-state index in [1.54, 1.807) is 11.9 Å². The number of rotatable bonds is 7. The lowest BCUT2D eigenvalue weighted by molar-refractivity contribution is -0.149. The summed E-state index contributed by atoms with van der Waals surface area (Å²) in [7, 11) is 1.70. The lowest BCUT2D eigenvalue weighted by atomic mass is 10.1. The summed E-state index contributed by atoms with van der Waals surface area (Å²) in [6.45, 7) is 2.22. The quantitative estimate of drug-likeness (QED) is 0.344. The number of aromatic nitrogens is 2. The molecule has 1 aromatic carbocycles. The summed E-state index contributed by atoms with van der Waals surface area (Å²) in [5.41, 5.74) is 2.19. The number of likely N-dealkylation sites (N-methyl/N-ethyl adjacent to an activating group) is 1. The summed E-state index contributed by atoms with van der Waals surface area (Å²) in [4.78, 5) is 35.0. The standard InChI is InChI=1S/C19H19N3O3S2/c1-13-5-3-4-6-14(13)9-22(2)16(23)10-25-17(24)11-27-19-15-7-8-26-18(15)20-12-21-19/h3-8,12H,9-11H2,1-2H3. The zero-order chi connectivity index (χ0) is 19.2. The second-order valence-electron chi connectivity index (χ2n) is 5.94. The zero-order valence-corrected chi connectivity index (χ0v) is 16.7. The van der Waals surface area contributed by atoms with Crippen LogP contribution in [0.2, 0.25) is 0 Å². The largest absolute Gasteiger partial charge is 0.455 e. The molecule has 2 heterocycles. The average molecular weight is 402 g/mol. The van der Waals surface area contributed by atoms with Gasteiger partial charge in [0.15, 0.2) is 6.61 Å². The van der Waals surface area contributed by atoms with Gasteiger partial charge in [0, 0.05) is 19.0 Å². The van der Waals surface area contributed by atoms with Crippen molar-refractivity contribution in [3.8, 4) is 0 Å². The van der Waals surface area contributed by atoms with Crippen LogP contribution in [0.3, 0.4) is 0 Å². The fraction of sp³-hybridized carbons (Fsp3) is 0.263. The number of benzene rings is 1. The predicted octanol–water partition coefficient (Wildman–Crippen LogP) is 3.29. The van der Waals surface area contributed by atoms with E-state index in [9.17, 15) is 9.59 Å². The van der Waals surface area contributed by atoms with Crippen molar-refractivity contribution in [1.29, 1.82) is 0 Å². The number of esters is 1. The van der Waals surface area contributed by atoms with E-state index in [-0.39, 0.29) is 18.3 Å². The summed E-state index contributed by atoms with van der Waals surface area (Å²) in [6.07, 6.45) is 1.48. The van der Waals surface area contributed by atoms with Gasteiger partial charge in [-0.1, -0.05) is 36.0 Å². The SMILES string of the molecule is Cc1ccccc1CN(C)C(=O)COC(=O)CSc1ncnc2sccc12. The number of ether oxygens (including phenoxy) is 1. The minimum absolute atomic E-state index is 0.0940. The normalized spacial score (nSPS) is 10.7. The highest BCUT2D eigenvalue weighted by molar-refractivity contribution is 8.00. The zero-order valence-electron chi connectivity index (χ0n) is 15.0. The highest BCUT2D eigenvalue weighted by Crippen LogP contribution is 2.27. The molecule has 0 saturated carbocycles. The first-order valence-electron chi connectivity index (χ1n) is 8.29. The van der Waals surface area contributed by atoms with Crippen molar-refractivity contribution < 1.29 is 14.3 Å². The van der Waals surface area contributed by atoms with E-state index in [0.29, 0.717) is 6.54 Å². The number of amides is 1. The molecule has 3 aromatic rings. The maximum absolute atomic E-state index is 12.2. The summed E-state index contributed by atoms with van der Waals surface area (Å²) in [5, 5.41) is 3.60. The number of hydrogen-bond donors (Lipinski definition) is 0. The minimum Gasteiger partial charge on any atom is -0.455 e. The summed E-state index contributed by atoms with van der Waals surface area (Å²) in [5.74, 6) is -0.588. The van der Waals surface area contributed by atoms with Gasteiger partial charge >= 0.3 is 5.97 Å². The van der Waals surface area contributed by atoms with Gasteiger partial charge in [-0.2, -0.15) is 0 Å². The third-order valence-electron chi connectivity index (χ3n) is 4.00. The fourth-order valence-corrected chi connectivity index (χ4v) is 4.01. The molecule has 3 rings (SSSR count). The Morgan fingerprint density at radius 3 is 2.85 bits per heavy atom. The number of aryl methyl sites for hydroxylation is 1. The number of nitrogens with zero attached hydrogens (tertiary/aromatic N) is 3. The smallest absolute Gasteiger partial charge is 0.316 e. The molecule has 0 fully saturated rings. The van der Waals surface area contributed by atoms with Gasteiger partial charge in [0.1, 0.15) is 16.2 Å². The lowest BCUT2D eigenvalue weighted by Crippen LogP contribution is -2.31. The van der Waals surface area contributed by atoms with E-state index in [4.69, 9.17) is 4.74 Å². The molecule has 6 nitrogen and oxygen atoms in total. The van der Waals surface area contributed by atoms with E-state index < -0.39 is 5.97 Å². The van der Waals surface area contributed by atoms with Gasteiger partial charge in [-0.3, -0.25) is 9.59 Å². The topological polar surface area (TPSA) is 72.4 Å². The van der Waals surface area contributed by atoms with Crippen LogP contribution in [0.25, 0.3) is 10.2 Å². The number of thiophene rings is 1. The van der Waals surface area contributed by atoms with Crippen LogP contribution in [0.5, 0.6) is 0 Å². The van der Waals surface area contributed by atoms with Crippen LogP contribution in [0.4, 0.5) is 0 Å². The Bertz CT molecular complexity index is 958. The van der Waals surface area contributed by atoms with Crippen molar-refractivity contribution in [3.05, 3.63) is 53.2 Å². The summed E-state index contributed by atoms with van der Waals surface area (Å²) >= 11 is 2.81. The number of hydrogen-bond acceptors (Lipinski definition) is 7. The summed E-state index contributed by atoms with van der Waals surface area (Å²) < 4.78 is 5.12. The van der Waals surface area contributed by atoms with Crippen LogP contribution in [-0.4, -0.2) is 46.2 Å². The van der Waals surface area contributed by atoms with Crippen LogP contribution in [0.15, 0.2) is 47.1 Å². The fourth-order valence-electron chi connectivity index (χ4n) is 2.43. The van der Waals surface area contributed by atoms with E-state index in [1.807, 2.05) is 42.6 Å². The molecule has 1 amide bonds. The lowest BCUT2D eigenvalue weighted by Gasteiger charge is -2.18. The van der Waals surface area contributed by atoms with Crippen molar-refractivity contribution >= 4 is 45.2 Å². The first-order valence-corrected chi connectivity index (χ1v) is 10.2. The molecule has 0 bridgehead atoms. The molecule has 0 spiro atoms. The molecule has 0 unspecified atom stereocenters. The van der Waals surface area contributed by atoms with Crippen LogP contribution >= 0.6 is 23.1 Å². The van der Waals surface area contributed by atoms with E-state index in [1.165, 1.54) is 29.4 Å². The molecular formula is C19H19N3O3S2. The van der Waals surface area contributed by atoms with Crippen molar-refractivity contribution in [2.24, 2.45) is 0 Å². The predicted molar refractivity (Wildman–Crippen MR) is 107 cm³/mol. The maximum Gasteiger partial charge on any atom is 0.316 e. The van der Waals surface area contributed by atoms with Crippen molar-refractivity contribution in [2.45, 2.75) is 18.5 Å². The Labute approximate surface area is 165 Å². The van der Waals surface area contributed by atoms with Gasteiger partial charge in [-0.05, 0) is 29.5 Å². The molecule has 0 atom stereocenters. The van der Waals surface area contributed by atoms with Gasteiger partial charge in [0.2, 0.25) is 0 Å². The molecular weight excluding hydrogens is 382 g/mol. The Morgan fingerprint density at radius 2 is 2.04 bits per heavy atom. The van der Waals surface area contributed by atoms with Crippen LogP contribution in [0, 0.1) is 6.92 Å². The molecule has 2 aromatic heterocycles. The maximum atomic E-state index is 12.2. The van der Waals surface area contributed by atoms with Gasteiger partial charge in [-0.25, -0.2) is 9.97 Å². The first-order chi connectivity index (χ1) is 13.0. The summed E-state index contributed by atoms with van der Waals surface area (Å²) in [6, 6.07) is 9.81. The van der Waals surface area contributed by atoms with Gasteiger partial charge in [-0.15, -0.1) is 11.3 Å². The van der Waals surface area contributed by atoms with E-state index in [2.05, 4.69) is 9.97 Å². The average Bonchev–Trinajstić information content (AvgIpc) is 3.15. The third kappa shape index (κ3) is 5.05. The highest BCUT2D eigenvalue weighted by Gasteiger charge is 2.14. The van der Waals surface area contributed by atoms with Crippen molar-refractivity contribution in [2.75, 3.05) is 19.4 Å². The van der Waals surface area contributed by atoms with E-state index >= 15 is 0 Å². The number of carbonyl (C=O) groups excluding carboxylic acids is 2. The monoisotopic (exact) mass is 401 g/mol. The van der Waals surface area contributed by atoms with Gasteiger partial charge in [0.05, 0.1) is 5.75 Å². The van der Waals surface area contributed by atoms with Gasteiger partial charge < -0.3 is 9.64 Å². The minimum atomic E-state index is -0.445. The molecule has 8 heteroatoms. The molecule has 0 aliphatic rings. The van der Waals surface area contributed by atoms with Crippen LogP contribution in [0.1, 0.15) is 11.1 Å². The number of fused-ring (bicyclic) bond motifs is 1. The van der Waals surface area contributed by atoms with Gasteiger partial charge in [0.25, 0.3) is 5.91 Å². The molecule has 0 aliphatic carbocycles. The Hall–Kier alpha value is -2.45. The number of carbonyl (C=O) groups is 2. The van der Waals surface area contributed by atoms with E-state index in [0.717, 1.165) is 26.4 Å². The molecule has 0 saturated heterocycles. The molecule has 0 radical (unpaired) electrons. The van der Waals surface area contributed by atoms with Crippen molar-refractivity contribution in [1.82, 2.24) is 14.9 Å². The highest BCUT2D eigenvalue weighted by atomic mass is 32.2. The Kier molecular flexibility index (Phi) is 6.41.